The summed E-state index contributed by atoms with van der Waals surface area (Å²) in [6.07, 6.45) is 3.82. The van der Waals surface area contributed by atoms with Gasteiger partial charge in [-0.15, -0.1) is 0 Å². The van der Waals surface area contributed by atoms with Crippen molar-refractivity contribution in [3.63, 3.8) is 0 Å². The van der Waals surface area contributed by atoms with Crippen molar-refractivity contribution < 1.29 is 13.5 Å². The van der Waals surface area contributed by atoms with E-state index in [1.807, 2.05) is 4.90 Å². The SMILES string of the molecule is COc1c(N2CCC(N)C2)c(F)cc2c3ocnc3c(=O)n(C3CC3)c12. The Bertz CT molecular complexity index is 1090. The Morgan fingerprint density at radius 3 is 2.85 bits per heavy atom. The second-order valence-corrected chi connectivity index (χ2v) is 7.07. The third-order valence-corrected chi connectivity index (χ3v) is 5.31. The molecule has 1 aliphatic carbocycles. The molecule has 1 atom stereocenters. The molecule has 136 valence electrons. The number of hydrogen-bond donors (Lipinski definition) is 1. The first-order chi connectivity index (χ1) is 12.6. The van der Waals surface area contributed by atoms with Crippen molar-refractivity contribution in [3.05, 3.63) is 28.6 Å². The van der Waals surface area contributed by atoms with Crippen LogP contribution >= 0.6 is 0 Å². The smallest absolute Gasteiger partial charge is 0.281 e. The molecule has 2 fully saturated rings. The van der Waals surface area contributed by atoms with E-state index in [9.17, 15) is 4.79 Å². The number of ether oxygens (including phenoxy) is 1. The van der Waals surface area contributed by atoms with Gasteiger partial charge in [-0.2, -0.15) is 0 Å². The summed E-state index contributed by atoms with van der Waals surface area (Å²) in [4.78, 5) is 18.9. The molecule has 0 bridgehead atoms. The molecule has 5 rings (SSSR count). The van der Waals surface area contributed by atoms with Crippen LogP contribution in [0, 0.1) is 5.82 Å². The molecule has 2 aromatic heterocycles. The molecule has 1 aliphatic heterocycles. The Labute approximate surface area is 148 Å². The van der Waals surface area contributed by atoms with Gasteiger partial charge >= 0.3 is 0 Å². The zero-order chi connectivity index (χ0) is 18.0. The number of benzene rings is 1. The molecular formula is C18H19FN4O3. The Balaban J connectivity index is 1.91. The predicted molar refractivity (Wildman–Crippen MR) is 95.4 cm³/mol. The molecule has 0 radical (unpaired) electrons. The van der Waals surface area contributed by atoms with Gasteiger partial charge in [-0.25, -0.2) is 9.37 Å². The maximum absolute atomic E-state index is 15.1. The number of fused-ring (bicyclic) bond motifs is 3. The van der Waals surface area contributed by atoms with Crippen molar-refractivity contribution in [3.8, 4) is 5.75 Å². The van der Waals surface area contributed by atoms with Crippen LogP contribution in [0.1, 0.15) is 25.3 Å². The van der Waals surface area contributed by atoms with Gasteiger partial charge in [0.1, 0.15) is 11.2 Å². The number of nitrogens with two attached hydrogens (primary N) is 1. The fourth-order valence-electron chi connectivity index (χ4n) is 3.98. The molecule has 2 aliphatic rings. The van der Waals surface area contributed by atoms with Crippen LogP contribution in [0.5, 0.6) is 5.75 Å². The first-order valence-corrected chi connectivity index (χ1v) is 8.78. The van der Waals surface area contributed by atoms with E-state index in [-0.39, 0.29) is 23.2 Å². The van der Waals surface area contributed by atoms with Crippen molar-refractivity contribution in [2.45, 2.75) is 31.3 Å². The highest BCUT2D eigenvalue weighted by atomic mass is 19.1. The number of nitrogens with zero attached hydrogens (tertiary/aromatic N) is 3. The van der Waals surface area contributed by atoms with Gasteiger partial charge in [0.05, 0.1) is 12.5 Å². The summed E-state index contributed by atoms with van der Waals surface area (Å²) >= 11 is 0. The van der Waals surface area contributed by atoms with Crippen molar-refractivity contribution >= 4 is 27.7 Å². The van der Waals surface area contributed by atoms with Gasteiger partial charge in [0, 0.05) is 25.2 Å². The van der Waals surface area contributed by atoms with Gasteiger partial charge in [-0.05, 0) is 25.3 Å². The largest absolute Gasteiger partial charge is 0.492 e. The lowest BCUT2D eigenvalue weighted by molar-refractivity contribution is 0.413. The number of methoxy groups -OCH3 is 1. The quantitative estimate of drug-likeness (QED) is 0.772. The fourth-order valence-corrected chi connectivity index (χ4v) is 3.98. The van der Waals surface area contributed by atoms with E-state index < -0.39 is 5.82 Å². The molecule has 1 unspecified atom stereocenters. The first-order valence-electron chi connectivity index (χ1n) is 8.78. The minimum Gasteiger partial charge on any atom is -0.492 e. The van der Waals surface area contributed by atoms with Gasteiger partial charge in [-0.3, -0.25) is 9.36 Å². The third-order valence-electron chi connectivity index (χ3n) is 5.31. The number of aromatic nitrogens is 2. The number of halogens is 1. The first kappa shape index (κ1) is 15.6. The van der Waals surface area contributed by atoms with Crippen LogP contribution in [-0.4, -0.2) is 35.8 Å². The molecular weight excluding hydrogens is 339 g/mol. The zero-order valence-corrected chi connectivity index (χ0v) is 14.4. The van der Waals surface area contributed by atoms with E-state index in [1.54, 1.807) is 4.57 Å². The highest BCUT2D eigenvalue weighted by molar-refractivity contribution is 6.05. The summed E-state index contributed by atoms with van der Waals surface area (Å²) in [6, 6.07) is 1.50. The molecule has 3 aromatic rings. The van der Waals surface area contributed by atoms with Crippen LogP contribution in [0.2, 0.25) is 0 Å². The van der Waals surface area contributed by atoms with Crippen LogP contribution in [0.4, 0.5) is 10.1 Å². The minimum absolute atomic E-state index is 0.00261. The second-order valence-electron chi connectivity index (χ2n) is 7.07. The van der Waals surface area contributed by atoms with E-state index in [4.69, 9.17) is 14.9 Å². The topological polar surface area (TPSA) is 86.5 Å². The summed E-state index contributed by atoms with van der Waals surface area (Å²) < 4.78 is 27.9. The number of hydrogen-bond acceptors (Lipinski definition) is 6. The van der Waals surface area contributed by atoms with Crippen molar-refractivity contribution in [1.82, 2.24) is 9.55 Å². The van der Waals surface area contributed by atoms with Crippen molar-refractivity contribution in [2.24, 2.45) is 5.73 Å². The predicted octanol–water partition coefficient (Wildman–Crippen LogP) is 2.16. The van der Waals surface area contributed by atoms with Gasteiger partial charge in [-0.1, -0.05) is 0 Å². The number of pyridine rings is 1. The molecule has 0 amide bonds. The monoisotopic (exact) mass is 358 g/mol. The molecule has 2 N–H and O–H groups in total. The maximum atomic E-state index is 15.1. The average molecular weight is 358 g/mol. The normalized spacial score (nSPS) is 20.4. The van der Waals surface area contributed by atoms with Crippen LogP contribution in [0.25, 0.3) is 22.0 Å². The Kier molecular flexibility index (Phi) is 3.27. The van der Waals surface area contributed by atoms with E-state index in [1.165, 1.54) is 19.6 Å². The summed E-state index contributed by atoms with van der Waals surface area (Å²) in [5, 5.41) is 0.505. The number of anilines is 1. The van der Waals surface area contributed by atoms with Gasteiger partial charge in [0.25, 0.3) is 5.56 Å². The van der Waals surface area contributed by atoms with Crippen molar-refractivity contribution in [2.75, 3.05) is 25.1 Å². The summed E-state index contributed by atoms with van der Waals surface area (Å²) in [6.45, 7) is 1.20. The Morgan fingerprint density at radius 2 is 2.19 bits per heavy atom. The van der Waals surface area contributed by atoms with E-state index in [0.717, 1.165) is 19.3 Å². The van der Waals surface area contributed by atoms with Gasteiger partial charge < -0.3 is 19.8 Å². The van der Waals surface area contributed by atoms with Gasteiger partial charge in [0.2, 0.25) is 0 Å². The van der Waals surface area contributed by atoms with E-state index in [2.05, 4.69) is 4.98 Å². The summed E-state index contributed by atoms with van der Waals surface area (Å²) in [5.41, 5.74) is 7.23. The molecule has 3 heterocycles. The zero-order valence-electron chi connectivity index (χ0n) is 14.4. The average Bonchev–Trinajstić information content (AvgIpc) is 3.16. The lowest BCUT2D eigenvalue weighted by atomic mass is 10.1. The lowest BCUT2D eigenvalue weighted by Crippen LogP contribution is -2.28. The summed E-state index contributed by atoms with van der Waals surface area (Å²) in [5.74, 6) is -0.0569. The number of rotatable bonds is 3. The Hall–Kier alpha value is -2.61. The van der Waals surface area contributed by atoms with Crippen LogP contribution < -0.4 is 20.9 Å². The Morgan fingerprint density at radius 1 is 1.38 bits per heavy atom. The number of oxazole rings is 1. The molecule has 26 heavy (non-hydrogen) atoms. The second kappa shape index (κ2) is 5.44. The molecule has 1 aromatic carbocycles. The van der Waals surface area contributed by atoms with Crippen molar-refractivity contribution in [1.29, 1.82) is 0 Å². The highest BCUT2D eigenvalue weighted by Gasteiger charge is 2.33. The molecule has 7 nitrogen and oxygen atoms in total. The fraction of sp³-hybridized carbons (Fsp3) is 0.444. The van der Waals surface area contributed by atoms with Gasteiger partial charge in [0.15, 0.2) is 29.1 Å². The molecule has 0 spiro atoms. The summed E-state index contributed by atoms with van der Waals surface area (Å²) in [7, 11) is 1.50. The third kappa shape index (κ3) is 2.08. The lowest BCUT2D eigenvalue weighted by Gasteiger charge is -2.24. The molecule has 8 heteroatoms. The maximum Gasteiger partial charge on any atom is 0.281 e. The standard InChI is InChI=1S/C18H19FN4O3/c1-25-17-14-11(6-12(19)15(17)22-5-4-9(20)7-22)16-13(21-8-26-16)18(24)23(14)10-2-3-10/h6,8-10H,2-5,7,20H2,1H3. The molecule has 1 saturated carbocycles. The van der Waals surface area contributed by atoms with Crippen LogP contribution in [-0.2, 0) is 0 Å². The molecule has 1 saturated heterocycles. The minimum atomic E-state index is -0.415. The van der Waals surface area contributed by atoms with E-state index in [0.29, 0.717) is 41.0 Å². The highest BCUT2D eigenvalue weighted by Crippen LogP contribution is 2.45. The van der Waals surface area contributed by atoms with Crippen LogP contribution in [0.3, 0.4) is 0 Å². The van der Waals surface area contributed by atoms with E-state index >= 15 is 4.39 Å². The van der Waals surface area contributed by atoms with Crippen LogP contribution in [0.15, 0.2) is 21.7 Å².